The molecule has 1 aromatic carbocycles. The SMILES string of the molecule is COc1ccc(-c2noc(CN3CCN(CCC(=O)Nc4cc(C)on4)CC3)n2)cc1. The van der Waals surface area contributed by atoms with Gasteiger partial charge in [0.1, 0.15) is 11.5 Å². The topological polar surface area (TPSA) is 110 Å². The summed E-state index contributed by atoms with van der Waals surface area (Å²) in [4.78, 5) is 21.1. The van der Waals surface area contributed by atoms with Crippen molar-refractivity contribution in [3.8, 4) is 17.1 Å². The first-order valence-corrected chi connectivity index (χ1v) is 10.2. The fourth-order valence-electron chi connectivity index (χ4n) is 3.43. The van der Waals surface area contributed by atoms with E-state index in [1.54, 1.807) is 20.1 Å². The highest BCUT2D eigenvalue weighted by molar-refractivity contribution is 5.89. The van der Waals surface area contributed by atoms with Crippen LogP contribution in [-0.2, 0) is 11.3 Å². The van der Waals surface area contributed by atoms with E-state index >= 15 is 0 Å². The third-order valence-electron chi connectivity index (χ3n) is 5.19. The predicted molar refractivity (Wildman–Crippen MR) is 112 cm³/mol. The minimum atomic E-state index is -0.0624. The van der Waals surface area contributed by atoms with Crippen molar-refractivity contribution in [3.05, 3.63) is 42.0 Å². The van der Waals surface area contributed by atoms with Gasteiger partial charge in [0.15, 0.2) is 5.82 Å². The molecule has 31 heavy (non-hydrogen) atoms. The molecule has 3 heterocycles. The van der Waals surface area contributed by atoms with Gasteiger partial charge in [-0.3, -0.25) is 9.69 Å². The van der Waals surface area contributed by atoms with Gasteiger partial charge < -0.3 is 24.0 Å². The number of hydrogen-bond donors (Lipinski definition) is 1. The Hall–Kier alpha value is -3.24. The lowest BCUT2D eigenvalue weighted by atomic mass is 10.2. The Morgan fingerprint density at radius 2 is 1.84 bits per heavy atom. The van der Waals surface area contributed by atoms with Crippen LogP contribution >= 0.6 is 0 Å². The monoisotopic (exact) mass is 426 g/mol. The molecule has 1 aliphatic heterocycles. The van der Waals surface area contributed by atoms with Crippen LogP contribution < -0.4 is 10.1 Å². The van der Waals surface area contributed by atoms with Gasteiger partial charge in [-0.05, 0) is 31.2 Å². The van der Waals surface area contributed by atoms with Gasteiger partial charge in [0.25, 0.3) is 0 Å². The molecule has 0 unspecified atom stereocenters. The van der Waals surface area contributed by atoms with Gasteiger partial charge in [0.05, 0.1) is 13.7 Å². The standard InChI is InChI=1S/C21H26N6O4/c1-15-13-18(24-30-15)22-19(28)7-8-26-9-11-27(12-10-26)14-20-23-21(25-31-20)16-3-5-17(29-2)6-4-16/h3-6,13H,7-12,14H2,1-2H3,(H,22,24,28). The minimum Gasteiger partial charge on any atom is -0.497 e. The highest BCUT2D eigenvalue weighted by Gasteiger charge is 2.20. The highest BCUT2D eigenvalue weighted by atomic mass is 16.5. The number of hydrogen-bond acceptors (Lipinski definition) is 9. The van der Waals surface area contributed by atoms with Crippen molar-refractivity contribution in [1.29, 1.82) is 0 Å². The number of nitrogens with one attached hydrogen (secondary N) is 1. The minimum absolute atomic E-state index is 0.0624. The summed E-state index contributed by atoms with van der Waals surface area (Å²) < 4.78 is 15.6. The van der Waals surface area contributed by atoms with Gasteiger partial charge in [-0.2, -0.15) is 4.98 Å². The molecular formula is C21H26N6O4. The molecule has 0 spiro atoms. The van der Waals surface area contributed by atoms with Gasteiger partial charge in [-0.25, -0.2) is 0 Å². The van der Waals surface area contributed by atoms with Crippen molar-refractivity contribution in [2.45, 2.75) is 19.9 Å². The molecule has 10 heteroatoms. The van der Waals surface area contributed by atoms with Crippen LogP contribution in [0.3, 0.4) is 0 Å². The summed E-state index contributed by atoms with van der Waals surface area (Å²) in [6.45, 7) is 6.64. The van der Waals surface area contributed by atoms with E-state index in [-0.39, 0.29) is 5.91 Å². The van der Waals surface area contributed by atoms with Gasteiger partial charge >= 0.3 is 0 Å². The normalized spacial score (nSPS) is 15.2. The zero-order chi connectivity index (χ0) is 21.6. The number of carbonyl (C=O) groups excluding carboxylic acids is 1. The summed E-state index contributed by atoms with van der Waals surface area (Å²) in [6.07, 6.45) is 0.417. The van der Waals surface area contributed by atoms with Crippen molar-refractivity contribution < 1.29 is 18.6 Å². The molecule has 2 aromatic heterocycles. The Morgan fingerprint density at radius 3 is 2.52 bits per heavy atom. The zero-order valence-electron chi connectivity index (χ0n) is 17.7. The predicted octanol–water partition coefficient (Wildman–Crippen LogP) is 2.19. The second kappa shape index (κ2) is 9.71. The van der Waals surface area contributed by atoms with E-state index in [0.717, 1.165) is 37.5 Å². The fraction of sp³-hybridized carbons (Fsp3) is 0.429. The maximum atomic E-state index is 12.1. The van der Waals surface area contributed by atoms with E-state index in [4.69, 9.17) is 13.8 Å². The van der Waals surface area contributed by atoms with Crippen LogP contribution in [0, 0.1) is 6.92 Å². The number of ether oxygens (including phenoxy) is 1. The Bertz CT molecular complexity index is 991. The lowest BCUT2D eigenvalue weighted by Crippen LogP contribution is -2.46. The Labute approximate surface area is 180 Å². The second-order valence-electron chi connectivity index (χ2n) is 7.48. The maximum absolute atomic E-state index is 12.1. The number of aromatic nitrogens is 3. The summed E-state index contributed by atoms with van der Waals surface area (Å²) in [7, 11) is 1.63. The van der Waals surface area contributed by atoms with Crippen LogP contribution in [0.25, 0.3) is 11.4 Å². The lowest BCUT2D eigenvalue weighted by Gasteiger charge is -2.33. The molecule has 4 rings (SSSR count). The summed E-state index contributed by atoms with van der Waals surface area (Å²) >= 11 is 0. The summed E-state index contributed by atoms with van der Waals surface area (Å²) in [6, 6.07) is 9.27. The van der Waals surface area contributed by atoms with E-state index in [1.807, 2.05) is 24.3 Å². The Balaban J connectivity index is 1.19. The molecule has 1 saturated heterocycles. The first kappa shape index (κ1) is 21.0. The molecule has 164 valence electrons. The number of piperazine rings is 1. The smallest absolute Gasteiger partial charge is 0.241 e. The summed E-state index contributed by atoms with van der Waals surface area (Å²) in [5, 5.41) is 10.6. The third-order valence-corrected chi connectivity index (χ3v) is 5.19. The number of aryl methyl sites for hydroxylation is 1. The number of nitrogens with zero attached hydrogens (tertiary/aromatic N) is 5. The fourth-order valence-corrected chi connectivity index (χ4v) is 3.43. The number of amides is 1. The van der Waals surface area contributed by atoms with E-state index < -0.39 is 0 Å². The largest absolute Gasteiger partial charge is 0.497 e. The third kappa shape index (κ3) is 5.68. The molecule has 0 bridgehead atoms. The number of rotatable bonds is 8. The molecule has 0 saturated carbocycles. The summed E-state index contributed by atoms with van der Waals surface area (Å²) in [5.41, 5.74) is 0.889. The van der Waals surface area contributed by atoms with E-state index in [9.17, 15) is 4.79 Å². The van der Waals surface area contributed by atoms with Crippen molar-refractivity contribution in [2.24, 2.45) is 0 Å². The van der Waals surface area contributed by atoms with Crippen LogP contribution in [0.15, 0.2) is 39.4 Å². The molecule has 1 amide bonds. The van der Waals surface area contributed by atoms with Gasteiger partial charge in [0.2, 0.25) is 17.6 Å². The molecule has 1 fully saturated rings. The maximum Gasteiger partial charge on any atom is 0.241 e. The van der Waals surface area contributed by atoms with E-state index in [2.05, 4.69) is 30.4 Å². The average molecular weight is 426 g/mol. The van der Waals surface area contributed by atoms with E-state index in [0.29, 0.717) is 42.8 Å². The average Bonchev–Trinajstić information content (AvgIpc) is 3.42. The molecule has 0 aliphatic carbocycles. The van der Waals surface area contributed by atoms with Crippen molar-refractivity contribution >= 4 is 11.7 Å². The first-order chi connectivity index (χ1) is 15.1. The molecule has 1 N–H and O–H groups in total. The molecule has 1 aliphatic rings. The molecule has 0 radical (unpaired) electrons. The van der Waals surface area contributed by atoms with Crippen LogP contribution in [0.1, 0.15) is 18.1 Å². The van der Waals surface area contributed by atoms with Crippen molar-refractivity contribution in [3.63, 3.8) is 0 Å². The van der Waals surface area contributed by atoms with Gasteiger partial charge in [0, 0.05) is 50.8 Å². The molecule has 3 aromatic rings. The molecule has 0 atom stereocenters. The number of methoxy groups -OCH3 is 1. The Kier molecular flexibility index (Phi) is 6.58. The quantitative estimate of drug-likeness (QED) is 0.579. The van der Waals surface area contributed by atoms with Gasteiger partial charge in [-0.15, -0.1) is 0 Å². The van der Waals surface area contributed by atoms with Crippen LogP contribution in [0.5, 0.6) is 5.75 Å². The summed E-state index contributed by atoms with van der Waals surface area (Å²) in [5.74, 6) is 3.03. The zero-order valence-corrected chi connectivity index (χ0v) is 17.7. The highest BCUT2D eigenvalue weighted by Crippen LogP contribution is 2.20. The van der Waals surface area contributed by atoms with Crippen molar-refractivity contribution in [2.75, 3.05) is 45.2 Å². The number of carbonyl (C=O) groups is 1. The van der Waals surface area contributed by atoms with E-state index in [1.165, 1.54) is 0 Å². The Morgan fingerprint density at radius 1 is 1.10 bits per heavy atom. The number of benzene rings is 1. The first-order valence-electron chi connectivity index (χ1n) is 10.2. The second-order valence-corrected chi connectivity index (χ2v) is 7.48. The van der Waals surface area contributed by atoms with Crippen LogP contribution in [0.2, 0.25) is 0 Å². The lowest BCUT2D eigenvalue weighted by molar-refractivity contribution is -0.116. The van der Waals surface area contributed by atoms with Gasteiger partial charge in [-0.1, -0.05) is 10.3 Å². The molecular weight excluding hydrogens is 400 g/mol. The van der Waals surface area contributed by atoms with Crippen LogP contribution in [0.4, 0.5) is 5.82 Å². The van der Waals surface area contributed by atoms with Crippen molar-refractivity contribution in [1.82, 2.24) is 25.1 Å². The molecule has 10 nitrogen and oxygen atoms in total. The number of anilines is 1. The van der Waals surface area contributed by atoms with Crippen LogP contribution in [-0.4, -0.2) is 70.8 Å².